The van der Waals surface area contributed by atoms with Gasteiger partial charge in [-0.1, -0.05) is 11.6 Å². The standard InChI is InChI=1S/C18H15ClN8O2S2/c19-11-1-3-12(4-2-11)24-18(30)26-25-16-15-9-23-27(17(15)22-10-21-16)13-5-7-14(8-6-13)31(20,28)29/h1-10H,(H2,20,28,29)(H,21,22,25)(H2,24,26,30). The highest BCUT2D eigenvalue weighted by Crippen LogP contribution is 2.22. The molecule has 158 valence electrons. The zero-order chi connectivity index (χ0) is 22.0. The summed E-state index contributed by atoms with van der Waals surface area (Å²) in [4.78, 5) is 8.49. The van der Waals surface area contributed by atoms with Crippen molar-refractivity contribution in [2.24, 2.45) is 5.14 Å². The van der Waals surface area contributed by atoms with Crippen LogP contribution in [0.2, 0.25) is 5.02 Å². The van der Waals surface area contributed by atoms with E-state index in [1.807, 2.05) is 0 Å². The molecule has 31 heavy (non-hydrogen) atoms. The second-order valence-corrected chi connectivity index (χ2v) is 8.67. The molecule has 0 aliphatic heterocycles. The van der Waals surface area contributed by atoms with E-state index in [1.165, 1.54) is 18.5 Å². The third-order valence-corrected chi connectivity index (χ3v) is 5.56. The second kappa shape index (κ2) is 8.43. The first-order valence-corrected chi connectivity index (χ1v) is 11.0. The minimum atomic E-state index is -3.78. The molecule has 2 aromatic carbocycles. The number of rotatable bonds is 5. The smallest absolute Gasteiger partial charge is 0.238 e. The Morgan fingerprint density at radius 3 is 2.45 bits per heavy atom. The van der Waals surface area contributed by atoms with Gasteiger partial charge < -0.3 is 5.32 Å². The van der Waals surface area contributed by atoms with Crippen molar-refractivity contribution in [1.29, 1.82) is 0 Å². The van der Waals surface area contributed by atoms with E-state index >= 15 is 0 Å². The second-order valence-electron chi connectivity index (χ2n) is 6.27. The van der Waals surface area contributed by atoms with E-state index in [4.69, 9.17) is 29.0 Å². The third kappa shape index (κ3) is 4.72. The van der Waals surface area contributed by atoms with Gasteiger partial charge in [-0.25, -0.2) is 28.2 Å². The van der Waals surface area contributed by atoms with Crippen molar-refractivity contribution in [2.45, 2.75) is 4.90 Å². The fourth-order valence-electron chi connectivity index (χ4n) is 2.72. The molecule has 2 aromatic heterocycles. The molecule has 0 unspecified atom stereocenters. The Hall–Kier alpha value is -3.32. The molecule has 0 aliphatic carbocycles. The largest absolute Gasteiger partial charge is 0.331 e. The van der Waals surface area contributed by atoms with Crippen LogP contribution in [0.15, 0.2) is 66.0 Å². The quantitative estimate of drug-likeness (QED) is 0.253. The topological polar surface area (TPSA) is 140 Å². The van der Waals surface area contributed by atoms with Crippen LogP contribution in [0, 0.1) is 0 Å². The van der Waals surface area contributed by atoms with Crippen LogP contribution in [0.3, 0.4) is 0 Å². The van der Waals surface area contributed by atoms with E-state index in [0.29, 0.717) is 32.7 Å². The number of fused-ring (bicyclic) bond motifs is 1. The highest BCUT2D eigenvalue weighted by molar-refractivity contribution is 7.89. The molecule has 0 aliphatic rings. The molecule has 0 spiro atoms. The molecule has 0 fully saturated rings. The molecule has 0 radical (unpaired) electrons. The van der Waals surface area contributed by atoms with Gasteiger partial charge in [0.1, 0.15) is 6.33 Å². The lowest BCUT2D eigenvalue weighted by molar-refractivity contribution is 0.598. The zero-order valence-corrected chi connectivity index (χ0v) is 18.0. The van der Waals surface area contributed by atoms with Crippen LogP contribution >= 0.6 is 23.8 Å². The van der Waals surface area contributed by atoms with Gasteiger partial charge in [0, 0.05) is 10.7 Å². The molecule has 0 saturated carbocycles. The van der Waals surface area contributed by atoms with E-state index < -0.39 is 10.0 Å². The van der Waals surface area contributed by atoms with Crippen LogP contribution in [0.1, 0.15) is 0 Å². The predicted molar refractivity (Wildman–Crippen MR) is 122 cm³/mol. The first kappa shape index (κ1) is 20.9. The average molecular weight is 475 g/mol. The Labute approximate surface area is 187 Å². The maximum atomic E-state index is 11.4. The number of anilines is 2. The number of thiocarbonyl (C=S) groups is 1. The lowest BCUT2D eigenvalue weighted by Gasteiger charge is -2.12. The lowest BCUT2D eigenvalue weighted by Crippen LogP contribution is -2.33. The molecule has 0 atom stereocenters. The Morgan fingerprint density at radius 2 is 1.77 bits per heavy atom. The maximum absolute atomic E-state index is 11.4. The monoisotopic (exact) mass is 474 g/mol. The normalized spacial score (nSPS) is 11.3. The summed E-state index contributed by atoms with van der Waals surface area (Å²) in [5.41, 5.74) is 7.68. The van der Waals surface area contributed by atoms with Crippen molar-refractivity contribution in [3.8, 4) is 5.69 Å². The number of benzene rings is 2. The van der Waals surface area contributed by atoms with Crippen molar-refractivity contribution < 1.29 is 8.42 Å². The molecule has 0 amide bonds. The number of nitrogens with two attached hydrogens (primary N) is 1. The van der Waals surface area contributed by atoms with Gasteiger partial charge in [0.25, 0.3) is 0 Å². The van der Waals surface area contributed by atoms with E-state index in [-0.39, 0.29) is 4.90 Å². The number of halogens is 1. The van der Waals surface area contributed by atoms with Crippen LogP contribution in [-0.4, -0.2) is 33.3 Å². The minimum absolute atomic E-state index is 0.00981. The fraction of sp³-hybridized carbons (Fsp3) is 0. The molecule has 4 rings (SSSR count). The Balaban J connectivity index is 1.52. The molecule has 13 heteroatoms. The molecule has 2 heterocycles. The third-order valence-electron chi connectivity index (χ3n) is 4.17. The Bertz CT molecular complexity index is 1360. The zero-order valence-electron chi connectivity index (χ0n) is 15.7. The van der Waals surface area contributed by atoms with Gasteiger partial charge in [-0.05, 0) is 60.7 Å². The number of sulfonamides is 1. The molecular formula is C18H15ClN8O2S2. The van der Waals surface area contributed by atoms with Gasteiger partial charge in [-0.2, -0.15) is 5.10 Å². The highest BCUT2D eigenvalue weighted by Gasteiger charge is 2.13. The summed E-state index contributed by atoms with van der Waals surface area (Å²) < 4.78 is 24.4. The maximum Gasteiger partial charge on any atom is 0.238 e. The van der Waals surface area contributed by atoms with E-state index in [0.717, 1.165) is 5.69 Å². The van der Waals surface area contributed by atoms with Gasteiger partial charge in [0.2, 0.25) is 10.0 Å². The van der Waals surface area contributed by atoms with Gasteiger partial charge in [0.05, 0.1) is 22.2 Å². The van der Waals surface area contributed by atoms with Crippen molar-refractivity contribution in [1.82, 2.24) is 25.2 Å². The Morgan fingerprint density at radius 1 is 1.06 bits per heavy atom. The van der Waals surface area contributed by atoms with Crippen LogP contribution in [0.25, 0.3) is 16.7 Å². The number of hydrazine groups is 1. The summed E-state index contributed by atoms with van der Waals surface area (Å²) in [7, 11) is -3.78. The molecule has 4 aromatic rings. The molecule has 10 nitrogen and oxygen atoms in total. The van der Waals surface area contributed by atoms with Crippen LogP contribution in [-0.2, 0) is 10.0 Å². The number of hydrogen-bond acceptors (Lipinski definition) is 7. The number of hydrogen-bond donors (Lipinski definition) is 4. The summed E-state index contributed by atoms with van der Waals surface area (Å²) in [5.74, 6) is 0.456. The van der Waals surface area contributed by atoms with E-state index in [2.05, 4.69) is 31.2 Å². The number of aromatic nitrogens is 4. The summed E-state index contributed by atoms with van der Waals surface area (Å²) >= 11 is 11.1. The van der Waals surface area contributed by atoms with E-state index in [9.17, 15) is 8.42 Å². The molecular weight excluding hydrogens is 460 g/mol. The minimum Gasteiger partial charge on any atom is -0.331 e. The highest BCUT2D eigenvalue weighted by atomic mass is 35.5. The lowest BCUT2D eigenvalue weighted by atomic mass is 10.3. The summed E-state index contributed by atoms with van der Waals surface area (Å²) in [5, 5.41) is 14.1. The number of nitrogens with one attached hydrogen (secondary N) is 3. The summed E-state index contributed by atoms with van der Waals surface area (Å²) in [6.45, 7) is 0. The molecule has 0 saturated heterocycles. The van der Waals surface area contributed by atoms with Crippen LogP contribution in [0.4, 0.5) is 11.5 Å². The number of nitrogens with zero attached hydrogens (tertiary/aromatic N) is 4. The van der Waals surface area contributed by atoms with Gasteiger partial charge in [-0.15, -0.1) is 0 Å². The van der Waals surface area contributed by atoms with E-state index in [1.54, 1.807) is 47.3 Å². The Kier molecular flexibility index (Phi) is 5.69. The first-order valence-electron chi connectivity index (χ1n) is 8.72. The summed E-state index contributed by atoms with van der Waals surface area (Å²) in [6, 6.07) is 13.1. The average Bonchev–Trinajstić information content (AvgIpc) is 3.18. The van der Waals surface area contributed by atoms with Crippen LogP contribution < -0.4 is 21.3 Å². The van der Waals surface area contributed by atoms with Crippen molar-refractivity contribution in [2.75, 3.05) is 10.7 Å². The first-order chi connectivity index (χ1) is 14.8. The van der Waals surface area contributed by atoms with Crippen molar-refractivity contribution in [3.63, 3.8) is 0 Å². The van der Waals surface area contributed by atoms with Crippen molar-refractivity contribution >= 4 is 61.5 Å². The van der Waals surface area contributed by atoms with Crippen molar-refractivity contribution in [3.05, 3.63) is 66.1 Å². The van der Waals surface area contributed by atoms with Gasteiger partial charge >= 0.3 is 0 Å². The van der Waals surface area contributed by atoms with Gasteiger partial charge in [-0.3, -0.25) is 10.9 Å². The number of primary sulfonamides is 1. The fourth-order valence-corrected chi connectivity index (χ4v) is 3.53. The van der Waals surface area contributed by atoms with Crippen LogP contribution in [0.5, 0.6) is 0 Å². The van der Waals surface area contributed by atoms with Gasteiger partial charge in [0.15, 0.2) is 16.6 Å². The predicted octanol–water partition coefficient (Wildman–Crippen LogP) is 2.43. The summed E-state index contributed by atoms with van der Waals surface area (Å²) in [6.07, 6.45) is 2.96. The molecule has 0 bridgehead atoms. The molecule has 5 N–H and O–H groups in total. The SMILES string of the molecule is NS(=O)(=O)c1ccc(-n2ncc3c(NNC(=S)Nc4ccc(Cl)cc4)ncnc32)cc1.